The summed E-state index contributed by atoms with van der Waals surface area (Å²) < 4.78 is 0. The fourth-order valence-electron chi connectivity index (χ4n) is 3.60. The van der Waals surface area contributed by atoms with Crippen LogP contribution in [0.1, 0.15) is 44.9 Å². The van der Waals surface area contributed by atoms with E-state index in [-0.39, 0.29) is 0 Å². The molecule has 2 fully saturated rings. The second kappa shape index (κ2) is 6.60. The normalized spacial score (nSPS) is 25.6. The van der Waals surface area contributed by atoms with E-state index in [0.717, 1.165) is 36.3 Å². The standard InChI is InChI=1S/C16H27N5/c1-3-5-14-19-15(17-2)11-16(20-14)18-12-7-9-21-8-4-6-13(21)10-12/h11-13H,3-10H2,1-2H3,(H2,17,18,19,20). The summed E-state index contributed by atoms with van der Waals surface area (Å²) in [5.41, 5.74) is 0. The lowest BCUT2D eigenvalue weighted by Crippen LogP contribution is -2.42. The third kappa shape index (κ3) is 3.46. The Morgan fingerprint density at radius 2 is 2.10 bits per heavy atom. The first kappa shape index (κ1) is 14.6. The first-order chi connectivity index (χ1) is 10.3. The van der Waals surface area contributed by atoms with Gasteiger partial charge in [-0.05, 0) is 38.6 Å². The maximum absolute atomic E-state index is 4.67. The van der Waals surface area contributed by atoms with Gasteiger partial charge < -0.3 is 15.5 Å². The molecule has 2 aliphatic rings. The first-order valence-corrected chi connectivity index (χ1v) is 8.34. The minimum Gasteiger partial charge on any atom is -0.373 e. The van der Waals surface area contributed by atoms with E-state index in [0.29, 0.717) is 6.04 Å². The fraction of sp³-hybridized carbons (Fsp3) is 0.750. The van der Waals surface area contributed by atoms with Gasteiger partial charge in [0.05, 0.1) is 0 Å². The maximum Gasteiger partial charge on any atom is 0.133 e. The van der Waals surface area contributed by atoms with Gasteiger partial charge in [-0.25, -0.2) is 9.97 Å². The van der Waals surface area contributed by atoms with Crippen LogP contribution in [0.25, 0.3) is 0 Å². The third-order valence-corrected chi connectivity index (χ3v) is 4.67. The quantitative estimate of drug-likeness (QED) is 0.872. The third-order valence-electron chi connectivity index (χ3n) is 4.67. The topological polar surface area (TPSA) is 53.1 Å². The molecule has 2 unspecified atom stereocenters. The van der Waals surface area contributed by atoms with Gasteiger partial charge in [0.15, 0.2) is 0 Å². The minimum absolute atomic E-state index is 0.554. The van der Waals surface area contributed by atoms with Crippen molar-refractivity contribution in [3.8, 4) is 0 Å². The summed E-state index contributed by atoms with van der Waals surface area (Å²) in [6.45, 7) is 4.70. The molecule has 0 radical (unpaired) electrons. The molecule has 0 bridgehead atoms. The highest BCUT2D eigenvalue weighted by Gasteiger charge is 2.31. The molecule has 1 aromatic rings. The largest absolute Gasteiger partial charge is 0.373 e. The van der Waals surface area contributed by atoms with Crippen LogP contribution in [-0.4, -0.2) is 47.1 Å². The zero-order chi connectivity index (χ0) is 14.7. The number of aryl methyl sites for hydroxylation is 1. The molecule has 0 spiro atoms. The second-order valence-electron chi connectivity index (χ2n) is 6.25. The van der Waals surface area contributed by atoms with E-state index >= 15 is 0 Å². The van der Waals surface area contributed by atoms with Gasteiger partial charge in [-0.3, -0.25) is 0 Å². The summed E-state index contributed by atoms with van der Waals surface area (Å²) in [7, 11) is 1.92. The highest BCUT2D eigenvalue weighted by Crippen LogP contribution is 2.28. The average Bonchev–Trinajstić information content (AvgIpc) is 2.95. The van der Waals surface area contributed by atoms with Crippen molar-refractivity contribution in [2.45, 2.75) is 57.5 Å². The van der Waals surface area contributed by atoms with Crippen molar-refractivity contribution in [3.63, 3.8) is 0 Å². The Balaban J connectivity index is 1.67. The van der Waals surface area contributed by atoms with Crippen molar-refractivity contribution in [3.05, 3.63) is 11.9 Å². The van der Waals surface area contributed by atoms with E-state index in [4.69, 9.17) is 0 Å². The predicted octanol–water partition coefficient (Wildman–Crippen LogP) is 2.51. The molecular formula is C16H27N5. The Kier molecular flexibility index (Phi) is 4.58. The van der Waals surface area contributed by atoms with Crippen molar-refractivity contribution in [2.24, 2.45) is 0 Å². The van der Waals surface area contributed by atoms with Crippen molar-refractivity contribution in [1.29, 1.82) is 0 Å². The molecule has 2 N–H and O–H groups in total. The van der Waals surface area contributed by atoms with Crippen LogP contribution in [0.2, 0.25) is 0 Å². The van der Waals surface area contributed by atoms with Crippen LogP contribution in [0, 0.1) is 0 Å². The second-order valence-corrected chi connectivity index (χ2v) is 6.25. The molecule has 0 aromatic carbocycles. The summed E-state index contributed by atoms with van der Waals surface area (Å²) in [6, 6.07) is 3.37. The summed E-state index contributed by atoms with van der Waals surface area (Å²) in [5.74, 6) is 2.83. The molecule has 1 aromatic heterocycles. The molecule has 3 rings (SSSR count). The van der Waals surface area contributed by atoms with Crippen molar-refractivity contribution in [2.75, 3.05) is 30.8 Å². The number of hydrogen-bond acceptors (Lipinski definition) is 5. The smallest absolute Gasteiger partial charge is 0.133 e. The monoisotopic (exact) mass is 289 g/mol. The van der Waals surface area contributed by atoms with Crippen molar-refractivity contribution < 1.29 is 0 Å². The van der Waals surface area contributed by atoms with Crippen LogP contribution in [0.5, 0.6) is 0 Å². The number of fused-ring (bicyclic) bond motifs is 1. The van der Waals surface area contributed by atoms with Crippen LogP contribution < -0.4 is 10.6 Å². The Morgan fingerprint density at radius 3 is 2.90 bits per heavy atom. The average molecular weight is 289 g/mol. The molecular weight excluding hydrogens is 262 g/mol. The van der Waals surface area contributed by atoms with Gasteiger partial charge >= 0.3 is 0 Å². The van der Waals surface area contributed by atoms with Gasteiger partial charge in [0.25, 0.3) is 0 Å². The van der Waals surface area contributed by atoms with Gasteiger partial charge in [0.1, 0.15) is 17.5 Å². The SMILES string of the molecule is CCCc1nc(NC)cc(NC2CCN3CCCC3C2)n1. The Morgan fingerprint density at radius 1 is 1.24 bits per heavy atom. The summed E-state index contributed by atoms with van der Waals surface area (Å²) in [5, 5.41) is 6.79. The van der Waals surface area contributed by atoms with E-state index in [1.54, 1.807) is 0 Å². The van der Waals surface area contributed by atoms with E-state index in [1.165, 1.54) is 38.8 Å². The van der Waals surface area contributed by atoms with E-state index in [9.17, 15) is 0 Å². The van der Waals surface area contributed by atoms with Crippen LogP contribution in [0.4, 0.5) is 11.6 Å². The summed E-state index contributed by atoms with van der Waals surface area (Å²) >= 11 is 0. The number of anilines is 2. The molecule has 2 saturated heterocycles. The highest BCUT2D eigenvalue weighted by atomic mass is 15.2. The van der Waals surface area contributed by atoms with Crippen LogP contribution >= 0.6 is 0 Å². The number of piperidine rings is 1. The Labute approximate surface area is 127 Å². The molecule has 3 heterocycles. The van der Waals surface area contributed by atoms with E-state index in [1.807, 2.05) is 13.1 Å². The molecule has 0 amide bonds. The lowest BCUT2D eigenvalue weighted by atomic mass is 9.97. The molecule has 2 atom stereocenters. The Hall–Kier alpha value is -1.36. The van der Waals surface area contributed by atoms with Gasteiger partial charge in [-0.2, -0.15) is 0 Å². The van der Waals surface area contributed by atoms with Gasteiger partial charge in [-0.15, -0.1) is 0 Å². The van der Waals surface area contributed by atoms with Gasteiger partial charge in [-0.1, -0.05) is 6.92 Å². The van der Waals surface area contributed by atoms with Crippen LogP contribution in [0.15, 0.2) is 6.07 Å². The number of rotatable bonds is 5. The maximum atomic E-state index is 4.67. The van der Waals surface area contributed by atoms with Crippen LogP contribution in [-0.2, 0) is 6.42 Å². The van der Waals surface area contributed by atoms with Crippen molar-refractivity contribution in [1.82, 2.24) is 14.9 Å². The number of hydrogen-bond donors (Lipinski definition) is 2. The van der Waals surface area contributed by atoms with E-state index < -0.39 is 0 Å². The first-order valence-electron chi connectivity index (χ1n) is 8.34. The van der Waals surface area contributed by atoms with Gasteiger partial charge in [0, 0.05) is 38.2 Å². The van der Waals surface area contributed by atoms with Crippen LogP contribution in [0.3, 0.4) is 0 Å². The highest BCUT2D eigenvalue weighted by molar-refractivity contribution is 5.47. The zero-order valence-electron chi connectivity index (χ0n) is 13.2. The molecule has 5 heteroatoms. The molecule has 0 aliphatic carbocycles. The lowest BCUT2D eigenvalue weighted by Gasteiger charge is -2.35. The lowest BCUT2D eigenvalue weighted by molar-refractivity contribution is 0.188. The number of nitrogens with zero attached hydrogens (tertiary/aromatic N) is 3. The molecule has 5 nitrogen and oxygen atoms in total. The predicted molar refractivity (Wildman–Crippen MR) is 86.8 cm³/mol. The molecule has 0 saturated carbocycles. The van der Waals surface area contributed by atoms with Crippen molar-refractivity contribution >= 4 is 11.6 Å². The number of aromatic nitrogens is 2. The summed E-state index contributed by atoms with van der Waals surface area (Å²) in [6.07, 6.45) is 7.22. The molecule has 116 valence electrons. The van der Waals surface area contributed by atoms with Gasteiger partial charge in [0.2, 0.25) is 0 Å². The minimum atomic E-state index is 0.554. The zero-order valence-corrected chi connectivity index (χ0v) is 13.2. The molecule has 21 heavy (non-hydrogen) atoms. The van der Waals surface area contributed by atoms with E-state index in [2.05, 4.69) is 32.4 Å². The summed E-state index contributed by atoms with van der Waals surface area (Å²) in [4.78, 5) is 11.8. The molecule has 2 aliphatic heterocycles. The fourth-order valence-corrected chi connectivity index (χ4v) is 3.60. The number of nitrogens with one attached hydrogen (secondary N) is 2. The Bertz CT molecular complexity index is 476.